The van der Waals surface area contributed by atoms with E-state index in [1.54, 1.807) is 36.4 Å². The lowest BCUT2D eigenvalue weighted by Gasteiger charge is -2.24. The number of benzene rings is 3. The minimum atomic E-state index is -0.948. The van der Waals surface area contributed by atoms with Gasteiger partial charge in [-0.25, -0.2) is 4.39 Å². The highest BCUT2D eigenvalue weighted by molar-refractivity contribution is 8.00. The molecular weight excluding hydrogens is 549 g/mol. The van der Waals surface area contributed by atoms with Crippen LogP contribution in [0.1, 0.15) is 40.2 Å². The highest BCUT2D eigenvalue weighted by atomic mass is 32.2. The van der Waals surface area contributed by atoms with Gasteiger partial charge in [-0.3, -0.25) is 14.5 Å². The van der Waals surface area contributed by atoms with Crippen LogP contribution in [0.25, 0.3) is 11.0 Å². The number of anilines is 1. The number of hydrogen-bond acceptors (Lipinski definition) is 8. The molecule has 1 aliphatic rings. The average molecular weight is 572 g/mol. The molecule has 40 heavy (non-hydrogen) atoms. The molecule has 0 spiro atoms. The Morgan fingerprint density at radius 2 is 1.82 bits per heavy atom. The molecule has 0 bridgehead atoms. The number of aryl methyl sites for hydroxylation is 1. The van der Waals surface area contributed by atoms with Crippen LogP contribution in [0.3, 0.4) is 0 Å². The first kappa shape index (κ1) is 26.0. The van der Waals surface area contributed by atoms with Crippen LogP contribution in [-0.4, -0.2) is 27.0 Å². The summed E-state index contributed by atoms with van der Waals surface area (Å²) in [5.41, 5.74) is 2.67. The molecule has 0 unspecified atom stereocenters. The smallest absolute Gasteiger partial charge is 0.296 e. The van der Waals surface area contributed by atoms with Crippen LogP contribution in [0.2, 0.25) is 0 Å². The third-order valence-corrected chi connectivity index (χ3v) is 8.82. The van der Waals surface area contributed by atoms with Crippen molar-refractivity contribution < 1.29 is 23.5 Å². The van der Waals surface area contributed by atoms with Gasteiger partial charge in [0, 0.05) is 11.1 Å². The van der Waals surface area contributed by atoms with Crippen molar-refractivity contribution in [1.29, 1.82) is 0 Å². The zero-order valence-electron chi connectivity index (χ0n) is 21.2. The van der Waals surface area contributed by atoms with Crippen LogP contribution in [0, 0.1) is 5.82 Å². The molecule has 3 heterocycles. The van der Waals surface area contributed by atoms with Crippen LogP contribution in [0.5, 0.6) is 0 Å². The molecule has 200 valence electrons. The third-order valence-electron chi connectivity index (χ3n) is 6.72. The molecule has 7 nitrogen and oxygen atoms in total. The molecule has 0 fully saturated rings. The first-order chi connectivity index (χ1) is 19.4. The lowest BCUT2D eigenvalue weighted by atomic mass is 9.94. The van der Waals surface area contributed by atoms with Crippen molar-refractivity contribution >= 4 is 50.9 Å². The summed E-state index contributed by atoms with van der Waals surface area (Å²) in [6.45, 7) is 2.03. The Morgan fingerprint density at radius 1 is 1.07 bits per heavy atom. The minimum Gasteiger partial charge on any atom is -0.503 e. The van der Waals surface area contributed by atoms with Gasteiger partial charge in [0.2, 0.25) is 10.9 Å². The summed E-state index contributed by atoms with van der Waals surface area (Å²) in [6, 6.07) is 21.8. The zero-order chi connectivity index (χ0) is 27.8. The molecule has 0 saturated heterocycles. The number of aromatic nitrogens is 2. The number of halogens is 1. The number of nitrogens with zero attached hydrogens (tertiary/aromatic N) is 3. The van der Waals surface area contributed by atoms with Crippen LogP contribution in [0.15, 0.2) is 99.0 Å². The Balaban J connectivity index is 1.37. The Morgan fingerprint density at radius 3 is 2.58 bits per heavy atom. The summed E-state index contributed by atoms with van der Waals surface area (Å²) in [5.74, 6) is -1.97. The summed E-state index contributed by atoms with van der Waals surface area (Å²) < 4.78 is 20.4. The second kappa shape index (κ2) is 10.7. The Bertz CT molecular complexity index is 1740. The van der Waals surface area contributed by atoms with Gasteiger partial charge < -0.3 is 9.52 Å². The van der Waals surface area contributed by atoms with E-state index in [1.165, 1.54) is 22.7 Å². The number of thioether (sulfide) groups is 1. The first-order valence-electron chi connectivity index (χ1n) is 12.5. The quantitative estimate of drug-likeness (QED) is 0.121. The number of Topliss-reactive ketones (excluding diaryl/α,β-unsaturated/α-hetero) is 1. The highest BCUT2D eigenvalue weighted by Gasteiger charge is 2.46. The van der Waals surface area contributed by atoms with Gasteiger partial charge in [-0.15, -0.1) is 10.2 Å². The van der Waals surface area contributed by atoms with Gasteiger partial charge in [0.15, 0.2) is 15.9 Å². The normalized spacial score (nSPS) is 15.4. The van der Waals surface area contributed by atoms with E-state index in [1.807, 2.05) is 43.3 Å². The number of fused-ring (bicyclic) bond motifs is 1. The lowest BCUT2D eigenvalue weighted by molar-refractivity contribution is -0.117. The summed E-state index contributed by atoms with van der Waals surface area (Å²) in [6.07, 6.45) is 0.818. The van der Waals surface area contributed by atoms with Crippen molar-refractivity contribution in [2.45, 2.75) is 29.5 Å². The monoisotopic (exact) mass is 571 g/mol. The van der Waals surface area contributed by atoms with Crippen LogP contribution in [-0.2, 0) is 17.0 Å². The second-order valence-electron chi connectivity index (χ2n) is 9.14. The van der Waals surface area contributed by atoms with Gasteiger partial charge in [-0.1, -0.05) is 90.7 Å². The van der Waals surface area contributed by atoms with Crippen molar-refractivity contribution in [2.75, 3.05) is 4.90 Å². The van der Waals surface area contributed by atoms with Crippen LogP contribution in [0.4, 0.5) is 9.52 Å². The zero-order valence-corrected chi connectivity index (χ0v) is 22.8. The predicted octanol–water partition coefficient (Wildman–Crippen LogP) is 7.06. The third kappa shape index (κ3) is 4.69. The number of ketones is 1. The number of furan rings is 1. The fraction of sp³-hybridized carbons (Fsp3) is 0.133. The highest BCUT2D eigenvalue weighted by Crippen LogP contribution is 2.44. The second-order valence-corrected chi connectivity index (χ2v) is 11.3. The Hall–Kier alpha value is -4.28. The summed E-state index contributed by atoms with van der Waals surface area (Å²) in [5, 5.41) is 20.4. The SMILES string of the molecule is CCc1ccc([C@@H]2C(C(=O)c3cc4ccccc4o3)=C(O)C(=O)N2c2nnc(SCc3ccccc3F)s2)cc1. The van der Waals surface area contributed by atoms with E-state index in [0.717, 1.165) is 28.7 Å². The fourth-order valence-electron chi connectivity index (χ4n) is 4.63. The molecule has 1 atom stereocenters. The Kier molecular flexibility index (Phi) is 6.95. The van der Waals surface area contributed by atoms with E-state index >= 15 is 0 Å². The summed E-state index contributed by atoms with van der Waals surface area (Å²) >= 11 is 2.42. The molecule has 1 amide bonds. The van der Waals surface area contributed by atoms with E-state index in [-0.39, 0.29) is 22.3 Å². The van der Waals surface area contributed by atoms with Crippen molar-refractivity contribution in [1.82, 2.24) is 10.2 Å². The number of amides is 1. The Labute approximate surface area is 237 Å². The van der Waals surface area contributed by atoms with E-state index < -0.39 is 23.5 Å². The van der Waals surface area contributed by atoms with Gasteiger partial charge in [0.1, 0.15) is 11.4 Å². The minimum absolute atomic E-state index is 0.0194. The number of hydrogen-bond donors (Lipinski definition) is 1. The first-order valence-corrected chi connectivity index (χ1v) is 14.3. The van der Waals surface area contributed by atoms with E-state index in [9.17, 15) is 19.1 Å². The molecule has 1 N–H and O–H groups in total. The number of aliphatic hydroxyl groups excluding tert-OH is 1. The van der Waals surface area contributed by atoms with E-state index in [2.05, 4.69) is 10.2 Å². The van der Waals surface area contributed by atoms with Gasteiger partial charge in [0.25, 0.3) is 5.91 Å². The lowest BCUT2D eigenvalue weighted by Crippen LogP contribution is -2.31. The molecule has 3 aromatic carbocycles. The largest absolute Gasteiger partial charge is 0.503 e. The molecule has 10 heteroatoms. The number of carbonyl (C=O) groups excluding carboxylic acids is 2. The van der Waals surface area contributed by atoms with E-state index in [0.29, 0.717) is 26.8 Å². The maximum atomic E-state index is 14.1. The maximum Gasteiger partial charge on any atom is 0.296 e. The van der Waals surface area contributed by atoms with Gasteiger partial charge in [-0.05, 0) is 41.3 Å². The van der Waals surface area contributed by atoms with Gasteiger partial charge >= 0.3 is 0 Å². The summed E-state index contributed by atoms with van der Waals surface area (Å²) in [4.78, 5) is 28.6. The summed E-state index contributed by atoms with van der Waals surface area (Å²) in [7, 11) is 0. The maximum absolute atomic E-state index is 14.1. The topological polar surface area (TPSA) is 96.5 Å². The van der Waals surface area contributed by atoms with Gasteiger partial charge in [-0.2, -0.15) is 0 Å². The van der Waals surface area contributed by atoms with Crippen LogP contribution >= 0.6 is 23.1 Å². The number of aliphatic hydroxyl groups is 1. The van der Waals surface area contributed by atoms with Crippen molar-refractivity contribution in [3.8, 4) is 0 Å². The van der Waals surface area contributed by atoms with Gasteiger partial charge in [0.05, 0.1) is 11.6 Å². The number of carbonyl (C=O) groups is 2. The molecule has 0 aliphatic carbocycles. The molecule has 5 aromatic rings. The van der Waals surface area contributed by atoms with E-state index in [4.69, 9.17) is 4.42 Å². The molecular formula is C30H22FN3O4S2. The molecule has 0 saturated carbocycles. The molecule has 2 aromatic heterocycles. The molecule has 0 radical (unpaired) electrons. The molecule has 6 rings (SSSR count). The van der Waals surface area contributed by atoms with Crippen molar-refractivity contribution in [3.63, 3.8) is 0 Å². The van der Waals surface area contributed by atoms with Crippen molar-refractivity contribution in [3.05, 3.63) is 118 Å². The van der Waals surface area contributed by atoms with Crippen molar-refractivity contribution in [2.24, 2.45) is 0 Å². The fourth-order valence-corrected chi connectivity index (χ4v) is 6.48. The number of para-hydroxylation sites is 1. The van der Waals surface area contributed by atoms with Crippen LogP contribution < -0.4 is 4.90 Å². The average Bonchev–Trinajstić information content (AvgIpc) is 3.69. The number of rotatable bonds is 8. The molecule has 1 aliphatic heterocycles. The standard InChI is InChI=1S/C30H22FN3O4S2/c1-2-17-11-13-18(14-12-17)25-24(26(35)23-15-19-7-4-6-10-22(19)38-23)27(36)28(37)34(25)29-32-33-30(40-29)39-16-20-8-3-5-9-21(20)31/h3-15,25,36H,2,16H2,1H3/t25-/m1/s1. The predicted molar refractivity (Wildman–Crippen MR) is 152 cm³/mol.